The summed E-state index contributed by atoms with van der Waals surface area (Å²) in [6, 6.07) is 12.0. The predicted molar refractivity (Wildman–Crippen MR) is 106 cm³/mol. The molecule has 3 aromatic rings. The molecule has 1 atom stereocenters. The van der Waals surface area contributed by atoms with E-state index in [1.165, 1.54) is 12.7 Å². The zero-order valence-electron chi connectivity index (χ0n) is 15.8. The minimum absolute atomic E-state index is 0.0733. The van der Waals surface area contributed by atoms with Crippen molar-refractivity contribution in [3.8, 4) is 5.75 Å². The molecular weight excluding hydrogens is 377 g/mol. The molecule has 0 saturated heterocycles. The molecule has 1 unspecified atom stereocenters. The first-order valence-electron chi connectivity index (χ1n) is 8.90. The third-order valence-electron chi connectivity index (χ3n) is 4.93. The molecule has 0 fully saturated rings. The normalized spacial score (nSPS) is 15.1. The number of aromatic nitrogens is 2. The number of nitro groups is 1. The van der Waals surface area contributed by atoms with Crippen molar-refractivity contribution in [1.29, 1.82) is 0 Å². The molecule has 1 N–H and O–H groups in total. The Morgan fingerprint density at radius 2 is 2.10 bits per heavy atom. The largest absolute Gasteiger partial charge is 0.494 e. The summed E-state index contributed by atoms with van der Waals surface area (Å²) in [5.41, 5.74) is 2.70. The van der Waals surface area contributed by atoms with Crippen molar-refractivity contribution in [3.63, 3.8) is 0 Å². The van der Waals surface area contributed by atoms with Gasteiger partial charge in [-0.1, -0.05) is 18.2 Å². The number of anilines is 3. The maximum atomic E-state index is 13.9. The van der Waals surface area contributed by atoms with Gasteiger partial charge in [0.25, 0.3) is 0 Å². The van der Waals surface area contributed by atoms with Crippen LogP contribution in [0.15, 0.2) is 48.7 Å². The van der Waals surface area contributed by atoms with Gasteiger partial charge in [-0.25, -0.2) is 9.97 Å². The summed E-state index contributed by atoms with van der Waals surface area (Å²) in [6.07, 6.45) is 1.62. The lowest BCUT2D eigenvalue weighted by Crippen LogP contribution is -2.16. The number of methoxy groups -OCH3 is 1. The summed E-state index contributed by atoms with van der Waals surface area (Å²) >= 11 is 0. The van der Waals surface area contributed by atoms with Crippen molar-refractivity contribution in [2.24, 2.45) is 0 Å². The molecule has 2 aromatic carbocycles. The Morgan fingerprint density at radius 1 is 1.31 bits per heavy atom. The predicted octanol–water partition coefficient (Wildman–Crippen LogP) is 3.86. The standard InChI is InChI=1S/C20H18FN5O3/c1-25-11-13(12-5-3-4-6-17(12)25)15-7-8-22-20(23-15)24-16-10-18(26(27)28)14(21)9-19(16)29-2/h3-10,13H,11H2,1-2H3,(H,22,23,24). The van der Waals surface area contributed by atoms with Crippen LogP contribution in [0.4, 0.5) is 27.4 Å². The maximum absolute atomic E-state index is 13.9. The van der Waals surface area contributed by atoms with Crippen LogP contribution in [0.5, 0.6) is 5.75 Å². The number of hydrogen-bond acceptors (Lipinski definition) is 7. The van der Waals surface area contributed by atoms with Gasteiger partial charge >= 0.3 is 5.69 Å². The lowest BCUT2D eigenvalue weighted by molar-refractivity contribution is -0.387. The van der Waals surface area contributed by atoms with E-state index in [0.717, 1.165) is 30.1 Å². The molecule has 8 nitrogen and oxygen atoms in total. The van der Waals surface area contributed by atoms with E-state index in [9.17, 15) is 14.5 Å². The van der Waals surface area contributed by atoms with E-state index >= 15 is 0 Å². The van der Waals surface area contributed by atoms with Crippen LogP contribution in [0.3, 0.4) is 0 Å². The molecule has 4 rings (SSSR count). The number of para-hydroxylation sites is 1. The Bertz CT molecular complexity index is 1090. The van der Waals surface area contributed by atoms with E-state index in [-0.39, 0.29) is 23.3 Å². The van der Waals surface area contributed by atoms with Crippen LogP contribution < -0.4 is 15.0 Å². The van der Waals surface area contributed by atoms with Gasteiger partial charge in [-0.3, -0.25) is 10.1 Å². The molecule has 0 radical (unpaired) electrons. The number of likely N-dealkylation sites (N-methyl/N-ethyl adjacent to an activating group) is 1. The van der Waals surface area contributed by atoms with E-state index in [1.54, 1.807) is 6.20 Å². The molecule has 2 heterocycles. The zero-order chi connectivity index (χ0) is 20.5. The second kappa shape index (κ2) is 7.34. The molecule has 0 aliphatic carbocycles. The smallest absolute Gasteiger partial charge is 0.307 e. The van der Waals surface area contributed by atoms with Crippen LogP contribution in [-0.4, -0.2) is 35.6 Å². The Morgan fingerprint density at radius 3 is 2.86 bits per heavy atom. The highest BCUT2D eigenvalue weighted by Crippen LogP contribution is 2.39. The van der Waals surface area contributed by atoms with Crippen LogP contribution >= 0.6 is 0 Å². The molecule has 0 amide bonds. The monoisotopic (exact) mass is 395 g/mol. The van der Waals surface area contributed by atoms with Gasteiger partial charge in [0.2, 0.25) is 11.8 Å². The number of benzene rings is 2. The highest BCUT2D eigenvalue weighted by molar-refractivity contribution is 5.67. The van der Waals surface area contributed by atoms with Gasteiger partial charge in [-0.05, 0) is 17.7 Å². The van der Waals surface area contributed by atoms with Crippen molar-refractivity contribution in [3.05, 3.63) is 75.9 Å². The minimum atomic E-state index is -0.974. The Labute approximate surface area is 166 Å². The molecule has 1 aromatic heterocycles. The molecule has 9 heteroatoms. The van der Waals surface area contributed by atoms with E-state index in [1.807, 2.05) is 25.2 Å². The first-order chi connectivity index (χ1) is 14.0. The average molecular weight is 395 g/mol. The van der Waals surface area contributed by atoms with Gasteiger partial charge in [0.05, 0.1) is 23.4 Å². The van der Waals surface area contributed by atoms with Gasteiger partial charge < -0.3 is 15.0 Å². The van der Waals surface area contributed by atoms with Crippen LogP contribution in [-0.2, 0) is 0 Å². The van der Waals surface area contributed by atoms with E-state index in [4.69, 9.17) is 4.74 Å². The van der Waals surface area contributed by atoms with Gasteiger partial charge in [-0.15, -0.1) is 0 Å². The molecule has 0 saturated carbocycles. The maximum Gasteiger partial charge on any atom is 0.307 e. The lowest BCUT2D eigenvalue weighted by Gasteiger charge is -2.14. The number of hydrogen-bond donors (Lipinski definition) is 1. The van der Waals surface area contributed by atoms with Crippen molar-refractivity contribution in [2.75, 3.05) is 30.9 Å². The van der Waals surface area contributed by atoms with Gasteiger partial charge in [0.1, 0.15) is 5.75 Å². The molecule has 0 bridgehead atoms. The first kappa shape index (κ1) is 18.6. The summed E-state index contributed by atoms with van der Waals surface area (Å²) in [5, 5.41) is 14.0. The molecule has 29 heavy (non-hydrogen) atoms. The Balaban J connectivity index is 1.68. The van der Waals surface area contributed by atoms with Crippen LogP contribution in [0.1, 0.15) is 17.2 Å². The minimum Gasteiger partial charge on any atom is -0.494 e. The second-order valence-corrected chi connectivity index (χ2v) is 6.68. The summed E-state index contributed by atoms with van der Waals surface area (Å²) in [4.78, 5) is 21.2. The molecule has 0 spiro atoms. The lowest BCUT2D eigenvalue weighted by atomic mass is 9.98. The fourth-order valence-electron chi connectivity index (χ4n) is 3.55. The highest BCUT2D eigenvalue weighted by Gasteiger charge is 2.28. The van der Waals surface area contributed by atoms with Crippen molar-refractivity contribution in [2.45, 2.75) is 5.92 Å². The van der Waals surface area contributed by atoms with E-state index < -0.39 is 16.4 Å². The van der Waals surface area contributed by atoms with Crippen LogP contribution in [0.2, 0.25) is 0 Å². The third kappa shape index (κ3) is 3.42. The Hall–Kier alpha value is -3.75. The third-order valence-corrected chi connectivity index (χ3v) is 4.93. The average Bonchev–Trinajstić information content (AvgIpc) is 3.06. The van der Waals surface area contributed by atoms with Crippen molar-refractivity contribution in [1.82, 2.24) is 9.97 Å². The molecule has 148 valence electrons. The summed E-state index contributed by atoms with van der Waals surface area (Å²) < 4.78 is 19.0. The Kier molecular flexibility index (Phi) is 4.71. The molecule has 1 aliphatic heterocycles. The first-order valence-corrected chi connectivity index (χ1v) is 8.90. The number of rotatable bonds is 5. The SMILES string of the molecule is COc1cc(F)c([N+](=O)[O-])cc1Nc1nccc(C2CN(C)c3ccccc32)n1. The van der Waals surface area contributed by atoms with E-state index in [0.29, 0.717) is 0 Å². The topological polar surface area (TPSA) is 93.4 Å². The summed E-state index contributed by atoms with van der Waals surface area (Å²) in [7, 11) is 3.38. The number of nitro benzene ring substituents is 1. The highest BCUT2D eigenvalue weighted by atomic mass is 19.1. The number of ether oxygens (including phenoxy) is 1. The van der Waals surface area contributed by atoms with Gasteiger partial charge in [0, 0.05) is 43.5 Å². The fourth-order valence-corrected chi connectivity index (χ4v) is 3.55. The van der Waals surface area contributed by atoms with Gasteiger partial charge in [0.15, 0.2) is 0 Å². The van der Waals surface area contributed by atoms with Crippen LogP contribution in [0.25, 0.3) is 0 Å². The van der Waals surface area contributed by atoms with E-state index in [2.05, 4.69) is 32.3 Å². The number of nitrogens with zero attached hydrogens (tertiary/aromatic N) is 4. The van der Waals surface area contributed by atoms with Gasteiger partial charge in [-0.2, -0.15) is 4.39 Å². The second-order valence-electron chi connectivity index (χ2n) is 6.68. The fraction of sp³-hybridized carbons (Fsp3) is 0.200. The zero-order valence-corrected chi connectivity index (χ0v) is 15.8. The van der Waals surface area contributed by atoms with Crippen molar-refractivity contribution >= 4 is 23.0 Å². The number of halogens is 1. The quantitative estimate of drug-likeness (QED) is 0.518. The summed E-state index contributed by atoms with van der Waals surface area (Å²) in [6.45, 7) is 0.779. The number of fused-ring (bicyclic) bond motifs is 1. The molecule has 1 aliphatic rings. The van der Waals surface area contributed by atoms with Crippen LogP contribution in [0, 0.1) is 15.9 Å². The summed E-state index contributed by atoms with van der Waals surface area (Å²) in [5.74, 6) is -0.538. The molecular formula is C20H18FN5O3. The number of nitrogens with one attached hydrogen (secondary N) is 1. The van der Waals surface area contributed by atoms with Crippen molar-refractivity contribution < 1.29 is 14.1 Å².